The fraction of sp³-hybridized carbons (Fsp3) is 0.0833. The molecular weight excluding hydrogens is 346 g/mol. The SMILES string of the molecule is Cc1cc(Oc2ncc(Br)cc2[N+](=O)[O-])ccc1[N+](=O)[O-]. The quantitative estimate of drug-likeness (QED) is 0.611. The van der Waals surface area contributed by atoms with E-state index in [9.17, 15) is 20.2 Å². The molecule has 0 unspecified atom stereocenters. The van der Waals surface area contributed by atoms with Gasteiger partial charge < -0.3 is 4.74 Å². The lowest BCUT2D eigenvalue weighted by atomic mass is 10.2. The molecule has 21 heavy (non-hydrogen) atoms. The van der Waals surface area contributed by atoms with Crippen molar-refractivity contribution in [3.63, 3.8) is 0 Å². The Labute approximate surface area is 126 Å². The molecule has 0 spiro atoms. The van der Waals surface area contributed by atoms with Gasteiger partial charge in [-0.25, -0.2) is 4.98 Å². The van der Waals surface area contributed by atoms with E-state index in [0.717, 1.165) is 0 Å². The van der Waals surface area contributed by atoms with Crippen molar-refractivity contribution in [3.8, 4) is 11.6 Å². The van der Waals surface area contributed by atoms with Crippen LogP contribution in [0.4, 0.5) is 11.4 Å². The second kappa shape index (κ2) is 5.83. The molecule has 0 aliphatic heterocycles. The normalized spacial score (nSPS) is 10.2. The van der Waals surface area contributed by atoms with Crippen molar-refractivity contribution in [1.82, 2.24) is 4.98 Å². The first-order valence-electron chi connectivity index (χ1n) is 5.61. The van der Waals surface area contributed by atoms with E-state index in [0.29, 0.717) is 10.0 Å². The van der Waals surface area contributed by atoms with Gasteiger partial charge in [0.15, 0.2) is 0 Å². The molecule has 0 saturated carbocycles. The average molecular weight is 354 g/mol. The Bertz CT molecular complexity index is 735. The van der Waals surface area contributed by atoms with Gasteiger partial charge in [0.25, 0.3) is 11.6 Å². The van der Waals surface area contributed by atoms with Crippen LogP contribution in [-0.4, -0.2) is 14.8 Å². The molecule has 8 nitrogen and oxygen atoms in total. The number of pyridine rings is 1. The van der Waals surface area contributed by atoms with Crippen molar-refractivity contribution in [2.24, 2.45) is 0 Å². The standard InChI is InChI=1S/C12H8BrN3O5/c1-7-4-9(2-3-10(7)15(17)18)21-12-11(16(19)20)5-8(13)6-14-12/h2-6H,1H3. The number of nitro benzene ring substituents is 1. The maximum absolute atomic E-state index is 10.9. The Morgan fingerprint density at radius 3 is 2.38 bits per heavy atom. The molecule has 9 heteroatoms. The predicted molar refractivity (Wildman–Crippen MR) is 76.5 cm³/mol. The number of benzene rings is 1. The molecule has 0 atom stereocenters. The number of rotatable bonds is 4. The van der Waals surface area contributed by atoms with Crippen LogP contribution in [0.15, 0.2) is 34.9 Å². The molecule has 0 radical (unpaired) electrons. The number of aromatic nitrogens is 1. The molecule has 0 fully saturated rings. The van der Waals surface area contributed by atoms with Crippen molar-refractivity contribution in [2.75, 3.05) is 0 Å². The molecule has 0 amide bonds. The molecule has 1 aromatic carbocycles. The zero-order valence-electron chi connectivity index (χ0n) is 10.6. The van der Waals surface area contributed by atoms with E-state index in [1.807, 2.05) is 0 Å². The Morgan fingerprint density at radius 2 is 1.81 bits per heavy atom. The highest BCUT2D eigenvalue weighted by molar-refractivity contribution is 9.10. The number of aryl methyl sites for hydroxylation is 1. The Balaban J connectivity index is 2.37. The van der Waals surface area contributed by atoms with E-state index in [-0.39, 0.29) is 23.0 Å². The molecule has 108 valence electrons. The van der Waals surface area contributed by atoms with Gasteiger partial charge in [-0.1, -0.05) is 0 Å². The first-order valence-corrected chi connectivity index (χ1v) is 6.40. The molecule has 2 aromatic rings. The Morgan fingerprint density at radius 1 is 1.14 bits per heavy atom. The van der Waals surface area contributed by atoms with Gasteiger partial charge in [-0.2, -0.15) is 0 Å². The molecule has 0 bridgehead atoms. The summed E-state index contributed by atoms with van der Waals surface area (Å²) in [6.07, 6.45) is 1.36. The highest BCUT2D eigenvalue weighted by Gasteiger charge is 2.19. The van der Waals surface area contributed by atoms with Crippen LogP contribution in [0.1, 0.15) is 5.56 Å². The van der Waals surface area contributed by atoms with E-state index in [4.69, 9.17) is 4.74 Å². The topological polar surface area (TPSA) is 108 Å². The highest BCUT2D eigenvalue weighted by atomic mass is 79.9. The highest BCUT2D eigenvalue weighted by Crippen LogP contribution is 2.32. The number of ether oxygens (including phenoxy) is 1. The summed E-state index contributed by atoms with van der Waals surface area (Å²) < 4.78 is 5.79. The van der Waals surface area contributed by atoms with Gasteiger partial charge in [-0.05, 0) is 35.0 Å². The second-order valence-electron chi connectivity index (χ2n) is 4.04. The summed E-state index contributed by atoms with van der Waals surface area (Å²) in [5.74, 6) is 0.0486. The summed E-state index contributed by atoms with van der Waals surface area (Å²) >= 11 is 3.09. The van der Waals surface area contributed by atoms with Gasteiger partial charge in [-0.3, -0.25) is 20.2 Å². The summed E-state index contributed by atoms with van der Waals surface area (Å²) in [6, 6.07) is 5.32. The van der Waals surface area contributed by atoms with Crippen LogP contribution in [0, 0.1) is 27.2 Å². The van der Waals surface area contributed by atoms with Crippen molar-refractivity contribution in [1.29, 1.82) is 0 Å². The molecule has 2 rings (SSSR count). The zero-order valence-corrected chi connectivity index (χ0v) is 12.2. The Kier molecular flexibility index (Phi) is 4.13. The van der Waals surface area contributed by atoms with Crippen LogP contribution in [0.25, 0.3) is 0 Å². The van der Waals surface area contributed by atoms with Crippen LogP contribution in [0.3, 0.4) is 0 Å². The second-order valence-corrected chi connectivity index (χ2v) is 4.96. The third kappa shape index (κ3) is 3.31. The fourth-order valence-electron chi connectivity index (χ4n) is 1.63. The smallest absolute Gasteiger partial charge is 0.332 e. The fourth-order valence-corrected chi connectivity index (χ4v) is 1.95. The van der Waals surface area contributed by atoms with Crippen LogP contribution in [0.5, 0.6) is 11.6 Å². The maximum atomic E-state index is 10.9. The largest absolute Gasteiger partial charge is 0.434 e. The lowest BCUT2D eigenvalue weighted by Gasteiger charge is -2.06. The molecule has 0 aliphatic rings. The maximum Gasteiger partial charge on any atom is 0.332 e. The van der Waals surface area contributed by atoms with E-state index in [1.165, 1.54) is 30.5 Å². The van der Waals surface area contributed by atoms with Crippen LogP contribution in [-0.2, 0) is 0 Å². The average Bonchev–Trinajstić information content (AvgIpc) is 2.40. The first kappa shape index (κ1) is 14.9. The van der Waals surface area contributed by atoms with Crippen molar-refractivity contribution in [2.45, 2.75) is 6.92 Å². The van der Waals surface area contributed by atoms with E-state index in [1.54, 1.807) is 6.92 Å². The summed E-state index contributed by atoms with van der Waals surface area (Å²) in [5.41, 5.74) is 0.0262. The predicted octanol–water partition coefficient (Wildman–Crippen LogP) is 3.76. The number of hydrogen-bond donors (Lipinski definition) is 0. The Hall–Kier alpha value is -2.55. The van der Waals surface area contributed by atoms with Gasteiger partial charge in [0.05, 0.1) is 9.85 Å². The molecule has 0 saturated heterocycles. The van der Waals surface area contributed by atoms with E-state index < -0.39 is 9.85 Å². The first-order chi connectivity index (χ1) is 9.88. The lowest BCUT2D eigenvalue weighted by Crippen LogP contribution is -1.97. The van der Waals surface area contributed by atoms with Crippen LogP contribution in [0.2, 0.25) is 0 Å². The molecular formula is C12H8BrN3O5. The zero-order chi connectivity index (χ0) is 15.6. The van der Waals surface area contributed by atoms with Gasteiger partial charge in [0.2, 0.25) is 0 Å². The minimum absolute atomic E-state index is 0.0550. The number of halogens is 1. The number of hydrogen-bond acceptors (Lipinski definition) is 6. The van der Waals surface area contributed by atoms with Crippen molar-refractivity contribution < 1.29 is 14.6 Å². The minimum Gasteiger partial charge on any atom is -0.434 e. The van der Waals surface area contributed by atoms with Gasteiger partial charge >= 0.3 is 5.69 Å². The number of nitrogens with zero attached hydrogens (tertiary/aromatic N) is 3. The molecule has 0 aliphatic carbocycles. The lowest BCUT2D eigenvalue weighted by molar-refractivity contribution is -0.386. The third-order valence-electron chi connectivity index (χ3n) is 2.58. The summed E-state index contributed by atoms with van der Waals surface area (Å²) in [6.45, 7) is 1.55. The van der Waals surface area contributed by atoms with Crippen molar-refractivity contribution >= 4 is 27.3 Å². The third-order valence-corrected chi connectivity index (χ3v) is 3.01. The molecule has 1 aromatic heterocycles. The summed E-state index contributed by atoms with van der Waals surface area (Å²) in [7, 11) is 0. The molecule has 1 heterocycles. The minimum atomic E-state index is -0.620. The van der Waals surface area contributed by atoms with Gasteiger partial charge in [0.1, 0.15) is 5.75 Å². The van der Waals surface area contributed by atoms with Gasteiger partial charge in [-0.15, -0.1) is 0 Å². The van der Waals surface area contributed by atoms with Crippen molar-refractivity contribution in [3.05, 3.63) is 60.7 Å². The van der Waals surface area contributed by atoms with Gasteiger partial charge in [0, 0.05) is 28.4 Å². The number of nitro groups is 2. The van der Waals surface area contributed by atoms with Crippen LogP contribution < -0.4 is 4.74 Å². The van der Waals surface area contributed by atoms with Crippen LogP contribution >= 0.6 is 15.9 Å². The van der Waals surface area contributed by atoms with E-state index >= 15 is 0 Å². The summed E-state index contributed by atoms with van der Waals surface area (Å²) in [5, 5.41) is 21.7. The monoisotopic (exact) mass is 353 g/mol. The van der Waals surface area contributed by atoms with E-state index in [2.05, 4.69) is 20.9 Å². The molecule has 0 N–H and O–H groups in total. The summed E-state index contributed by atoms with van der Waals surface area (Å²) in [4.78, 5) is 24.4.